The van der Waals surface area contributed by atoms with E-state index >= 15 is 0 Å². The first-order valence-electron chi connectivity index (χ1n) is 5.44. The van der Waals surface area contributed by atoms with Gasteiger partial charge in [-0.1, -0.05) is 6.42 Å². The van der Waals surface area contributed by atoms with Crippen LogP contribution in [0.5, 0.6) is 0 Å². The van der Waals surface area contributed by atoms with Crippen LogP contribution >= 0.6 is 11.8 Å². The normalized spacial score (nSPS) is 29.2. The summed E-state index contributed by atoms with van der Waals surface area (Å²) in [5.74, 6) is 0.910. The Balaban J connectivity index is 1.80. The topological polar surface area (TPSA) is 61.6 Å². The van der Waals surface area contributed by atoms with Gasteiger partial charge in [0.1, 0.15) is 17.6 Å². The number of ether oxygens (including phenoxy) is 2. The number of hydrogen-bond donors (Lipinski definition) is 1. The zero-order valence-corrected chi connectivity index (χ0v) is 9.55. The van der Waals surface area contributed by atoms with Crippen LogP contribution in [0.25, 0.3) is 0 Å². The fourth-order valence-electron chi connectivity index (χ4n) is 2.23. The maximum atomic E-state index is 10.5. The standard InChI is InChI=1S/C10H17NO3S/c11-9(12)13-6-8-7-15-10(14-8)4-2-1-3-5-10/h8H,1-7H2,(H2,11,12)/t8-/m0/s1. The molecule has 2 N–H and O–H groups in total. The predicted octanol–water partition coefficient (Wildman–Crippen LogP) is 1.87. The van der Waals surface area contributed by atoms with Crippen molar-refractivity contribution in [1.29, 1.82) is 0 Å². The van der Waals surface area contributed by atoms with E-state index in [2.05, 4.69) is 0 Å². The molecule has 1 saturated heterocycles. The van der Waals surface area contributed by atoms with E-state index in [4.69, 9.17) is 15.2 Å². The van der Waals surface area contributed by atoms with E-state index in [0.29, 0.717) is 6.61 Å². The van der Waals surface area contributed by atoms with Gasteiger partial charge in [0.25, 0.3) is 0 Å². The molecule has 1 spiro atoms. The number of thioether (sulfide) groups is 1. The molecule has 86 valence electrons. The average molecular weight is 231 g/mol. The van der Waals surface area contributed by atoms with Gasteiger partial charge < -0.3 is 15.2 Å². The molecule has 2 fully saturated rings. The number of amides is 1. The summed E-state index contributed by atoms with van der Waals surface area (Å²) in [5, 5.41) is 0. The van der Waals surface area contributed by atoms with Crippen molar-refractivity contribution >= 4 is 17.9 Å². The third kappa shape index (κ3) is 2.78. The summed E-state index contributed by atoms with van der Waals surface area (Å²) in [6, 6.07) is 0. The maximum absolute atomic E-state index is 10.5. The first kappa shape index (κ1) is 11.1. The first-order valence-corrected chi connectivity index (χ1v) is 6.43. The summed E-state index contributed by atoms with van der Waals surface area (Å²) in [5.41, 5.74) is 4.92. The van der Waals surface area contributed by atoms with Crippen molar-refractivity contribution in [3.05, 3.63) is 0 Å². The van der Waals surface area contributed by atoms with Crippen LogP contribution in [0, 0.1) is 0 Å². The van der Waals surface area contributed by atoms with Gasteiger partial charge in [0, 0.05) is 5.75 Å². The molecule has 0 aromatic carbocycles. The van der Waals surface area contributed by atoms with Crippen LogP contribution in [0.15, 0.2) is 0 Å². The Morgan fingerprint density at radius 2 is 2.20 bits per heavy atom. The molecule has 1 amide bonds. The molecule has 1 heterocycles. The van der Waals surface area contributed by atoms with Gasteiger partial charge in [0.05, 0.1) is 0 Å². The Morgan fingerprint density at radius 1 is 1.47 bits per heavy atom. The van der Waals surface area contributed by atoms with Crippen molar-refractivity contribution in [1.82, 2.24) is 0 Å². The Hall–Kier alpha value is -0.420. The van der Waals surface area contributed by atoms with Gasteiger partial charge in [-0.3, -0.25) is 0 Å². The molecule has 1 aliphatic carbocycles. The molecule has 1 saturated carbocycles. The molecule has 15 heavy (non-hydrogen) atoms. The molecular formula is C10H17NO3S. The van der Waals surface area contributed by atoms with Crippen molar-refractivity contribution in [2.75, 3.05) is 12.4 Å². The highest BCUT2D eigenvalue weighted by atomic mass is 32.2. The molecule has 0 bridgehead atoms. The molecule has 2 aliphatic rings. The fraction of sp³-hybridized carbons (Fsp3) is 0.900. The van der Waals surface area contributed by atoms with Crippen LogP contribution in [-0.4, -0.2) is 29.5 Å². The second-order valence-electron chi connectivity index (χ2n) is 4.15. The first-order chi connectivity index (χ1) is 7.20. The Kier molecular flexibility index (Phi) is 3.41. The van der Waals surface area contributed by atoms with Crippen LogP contribution in [-0.2, 0) is 9.47 Å². The number of hydrogen-bond acceptors (Lipinski definition) is 4. The lowest BCUT2D eigenvalue weighted by Gasteiger charge is -2.32. The fourth-order valence-corrected chi connectivity index (χ4v) is 3.66. The lowest BCUT2D eigenvalue weighted by atomic mass is 9.97. The highest BCUT2D eigenvalue weighted by molar-refractivity contribution is 8.00. The van der Waals surface area contributed by atoms with Gasteiger partial charge in [-0.2, -0.15) is 0 Å². The van der Waals surface area contributed by atoms with Crippen LogP contribution < -0.4 is 5.73 Å². The zero-order chi connectivity index (χ0) is 10.7. The van der Waals surface area contributed by atoms with E-state index in [1.54, 1.807) is 0 Å². The molecule has 0 unspecified atom stereocenters. The molecule has 0 radical (unpaired) electrons. The molecule has 0 aromatic rings. The SMILES string of the molecule is NC(=O)OC[C@H]1CSC2(CCCCC2)O1. The van der Waals surface area contributed by atoms with Crippen molar-refractivity contribution in [2.24, 2.45) is 5.73 Å². The van der Waals surface area contributed by atoms with E-state index in [1.807, 2.05) is 11.8 Å². The quantitative estimate of drug-likeness (QED) is 0.788. The third-order valence-corrected chi connectivity index (χ3v) is 4.51. The number of nitrogens with two attached hydrogens (primary N) is 1. The minimum absolute atomic E-state index is 0.0178. The van der Waals surface area contributed by atoms with Crippen LogP contribution in [0.3, 0.4) is 0 Å². The molecular weight excluding hydrogens is 214 g/mol. The van der Waals surface area contributed by atoms with Gasteiger partial charge in [0.2, 0.25) is 0 Å². The van der Waals surface area contributed by atoms with Crippen LogP contribution in [0.1, 0.15) is 32.1 Å². The summed E-state index contributed by atoms with van der Waals surface area (Å²) in [4.78, 5) is 10.5. The molecule has 2 rings (SSSR count). The Bertz CT molecular complexity index is 241. The van der Waals surface area contributed by atoms with Gasteiger partial charge in [-0.05, 0) is 25.7 Å². The second kappa shape index (κ2) is 4.61. The van der Waals surface area contributed by atoms with Gasteiger partial charge >= 0.3 is 6.09 Å². The van der Waals surface area contributed by atoms with Crippen molar-refractivity contribution in [3.8, 4) is 0 Å². The lowest BCUT2D eigenvalue weighted by molar-refractivity contribution is -0.0497. The van der Waals surface area contributed by atoms with E-state index in [-0.39, 0.29) is 11.0 Å². The van der Waals surface area contributed by atoms with Crippen LogP contribution in [0.4, 0.5) is 4.79 Å². The van der Waals surface area contributed by atoms with Gasteiger partial charge in [-0.15, -0.1) is 11.8 Å². The number of carbonyl (C=O) groups is 1. The number of carbonyl (C=O) groups excluding carboxylic acids is 1. The molecule has 0 aromatic heterocycles. The molecule has 1 atom stereocenters. The summed E-state index contributed by atoms with van der Waals surface area (Å²) in [6.45, 7) is 0.296. The van der Waals surface area contributed by atoms with Crippen LogP contribution in [0.2, 0.25) is 0 Å². The summed E-state index contributed by atoms with van der Waals surface area (Å²) < 4.78 is 10.7. The minimum Gasteiger partial charge on any atom is -0.447 e. The minimum atomic E-state index is -0.715. The van der Waals surface area contributed by atoms with E-state index in [0.717, 1.165) is 18.6 Å². The molecule has 5 heteroatoms. The largest absolute Gasteiger partial charge is 0.447 e. The lowest BCUT2D eigenvalue weighted by Crippen LogP contribution is -2.31. The third-order valence-electron chi connectivity index (χ3n) is 2.94. The highest BCUT2D eigenvalue weighted by Crippen LogP contribution is 2.46. The zero-order valence-electron chi connectivity index (χ0n) is 8.74. The molecule has 4 nitrogen and oxygen atoms in total. The summed E-state index contributed by atoms with van der Waals surface area (Å²) in [6.07, 6.45) is 5.38. The van der Waals surface area contributed by atoms with Crippen molar-refractivity contribution in [2.45, 2.75) is 43.1 Å². The van der Waals surface area contributed by atoms with E-state index < -0.39 is 6.09 Å². The monoisotopic (exact) mass is 231 g/mol. The van der Waals surface area contributed by atoms with Gasteiger partial charge in [0.15, 0.2) is 0 Å². The second-order valence-corrected chi connectivity index (χ2v) is 5.52. The van der Waals surface area contributed by atoms with Crippen molar-refractivity contribution < 1.29 is 14.3 Å². The predicted molar refractivity (Wildman–Crippen MR) is 58.7 cm³/mol. The number of rotatable bonds is 2. The molecule has 1 aliphatic heterocycles. The summed E-state index contributed by atoms with van der Waals surface area (Å²) >= 11 is 1.87. The highest BCUT2D eigenvalue weighted by Gasteiger charge is 2.41. The van der Waals surface area contributed by atoms with Crippen molar-refractivity contribution in [3.63, 3.8) is 0 Å². The smallest absolute Gasteiger partial charge is 0.404 e. The average Bonchev–Trinajstić information content (AvgIpc) is 2.60. The van der Waals surface area contributed by atoms with Gasteiger partial charge in [-0.25, -0.2) is 4.79 Å². The van der Waals surface area contributed by atoms with E-state index in [1.165, 1.54) is 19.3 Å². The summed E-state index contributed by atoms with van der Waals surface area (Å²) in [7, 11) is 0. The Morgan fingerprint density at radius 3 is 2.87 bits per heavy atom. The number of primary amides is 1. The van der Waals surface area contributed by atoms with E-state index in [9.17, 15) is 4.79 Å². The Labute approximate surface area is 93.9 Å². The maximum Gasteiger partial charge on any atom is 0.404 e.